The number of thioether (sulfide) groups is 1. The average Bonchev–Trinajstić information content (AvgIpc) is 3.29. The predicted molar refractivity (Wildman–Crippen MR) is 124 cm³/mol. The highest BCUT2D eigenvalue weighted by Crippen LogP contribution is 2.32. The van der Waals surface area contributed by atoms with Gasteiger partial charge in [-0.15, -0.1) is 0 Å². The molecule has 0 spiro atoms. The van der Waals surface area contributed by atoms with Gasteiger partial charge in [0.15, 0.2) is 0 Å². The number of hydrogen-bond acceptors (Lipinski definition) is 5. The summed E-state index contributed by atoms with van der Waals surface area (Å²) in [6, 6.07) is 16.9. The topological polar surface area (TPSA) is 86.8 Å². The smallest absolute Gasteiger partial charge is 0.293 e. The number of benzene rings is 2. The van der Waals surface area contributed by atoms with Crippen molar-refractivity contribution in [2.75, 3.05) is 24.5 Å². The van der Waals surface area contributed by atoms with Crippen LogP contribution in [0.2, 0.25) is 0 Å². The van der Waals surface area contributed by atoms with Crippen LogP contribution in [0.1, 0.15) is 17.5 Å². The molecule has 1 unspecified atom stereocenters. The Hall–Kier alpha value is -3.39. The first-order chi connectivity index (χ1) is 15.4. The van der Waals surface area contributed by atoms with E-state index < -0.39 is 5.92 Å². The molecular weight excluding hydrogens is 426 g/mol. The summed E-state index contributed by atoms with van der Waals surface area (Å²) >= 11 is 0.894. The minimum absolute atomic E-state index is 0.0882. The number of carbonyl (C=O) groups excluding carboxylic acids is 4. The Labute approximate surface area is 190 Å². The van der Waals surface area contributed by atoms with Gasteiger partial charge in [0.25, 0.3) is 11.1 Å². The molecule has 0 bridgehead atoms. The van der Waals surface area contributed by atoms with E-state index >= 15 is 0 Å². The van der Waals surface area contributed by atoms with E-state index in [1.807, 2.05) is 61.5 Å². The molecule has 4 amide bonds. The highest BCUT2D eigenvalue weighted by atomic mass is 32.2. The number of hydrogen-bond donors (Lipinski definition) is 1. The van der Waals surface area contributed by atoms with Gasteiger partial charge < -0.3 is 10.2 Å². The van der Waals surface area contributed by atoms with Crippen LogP contribution in [0.25, 0.3) is 6.08 Å². The summed E-state index contributed by atoms with van der Waals surface area (Å²) in [5.74, 6) is -1.16. The first-order valence-corrected chi connectivity index (χ1v) is 11.2. The van der Waals surface area contributed by atoms with Gasteiger partial charge in [-0.25, -0.2) is 0 Å². The summed E-state index contributed by atoms with van der Waals surface area (Å²) in [5, 5.41) is 2.41. The van der Waals surface area contributed by atoms with Crippen molar-refractivity contribution < 1.29 is 19.2 Å². The molecule has 0 aromatic heterocycles. The van der Waals surface area contributed by atoms with E-state index in [0.29, 0.717) is 11.4 Å². The quantitative estimate of drug-likeness (QED) is 0.685. The Morgan fingerprint density at radius 1 is 1.09 bits per heavy atom. The Kier molecular flexibility index (Phi) is 6.41. The van der Waals surface area contributed by atoms with Gasteiger partial charge in [0.05, 0.1) is 10.8 Å². The lowest BCUT2D eigenvalue weighted by Crippen LogP contribution is -2.40. The molecule has 1 N–H and O–H groups in total. The molecule has 2 aliphatic heterocycles. The van der Waals surface area contributed by atoms with E-state index in [1.54, 1.807) is 11.0 Å². The number of anilines is 1. The van der Waals surface area contributed by atoms with Crippen LogP contribution in [0.15, 0.2) is 59.5 Å². The third-order valence-electron chi connectivity index (χ3n) is 5.45. The Balaban J connectivity index is 1.30. The number of carbonyl (C=O) groups is 4. The maximum atomic E-state index is 12.6. The molecule has 0 saturated carbocycles. The zero-order chi connectivity index (χ0) is 22.7. The SMILES string of the molecule is Cc1ccc(N2CC(C(=O)NCCN3C(=O)SC(=Cc4ccccc4)C3=O)CC2=O)cc1. The molecule has 1 atom stereocenters. The molecule has 164 valence electrons. The highest BCUT2D eigenvalue weighted by Gasteiger charge is 2.36. The molecule has 32 heavy (non-hydrogen) atoms. The first-order valence-electron chi connectivity index (χ1n) is 10.4. The second-order valence-electron chi connectivity index (χ2n) is 7.78. The average molecular weight is 450 g/mol. The van der Waals surface area contributed by atoms with Gasteiger partial charge in [0.2, 0.25) is 11.8 Å². The van der Waals surface area contributed by atoms with Gasteiger partial charge in [-0.2, -0.15) is 0 Å². The van der Waals surface area contributed by atoms with Gasteiger partial charge >= 0.3 is 0 Å². The predicted octanol–water partition coefficient (Wildman–Crippen LogP) is 3.20. The largest absolute Gasteiger partial charge is 0.354 e. The molecule has 8 heteroatoms. The molecule has 4 rings (SSSR count). The molecule has 2 fully saturated rings. The number of aryl methyl sites for hydroxylation is 1. The fourth-order valence-electron chi connectivity index (χ4n) is 3.69. The zero-order valence-corrected chi connectivity index (χ0v) is 18.4. The summed E-state index contributed by atoms with van der Waals surface area (Å²) in [6.45, 7) is 2.52. The molecule has 2 heterocycles. The number of nitrogens with zero attached hydrogens (tertiary/aromatic N) is 2. The van der Waals surface area contributed by atoms with Gasteiger partial charge in [0, 0.05) is 31.7 Å². The van der Waals surface area contributed by atoms with Crippen LogP contribution in [-0.4, -0.2) is 47.5 Å². The summed E-state index contributed by atoms with van der Waals surface area (Å²) < 4.78 is 0. The van der Waals surface area contributed by atoms with E-state index in [1.165, 1.54) is 0 Å². The number of nitrogens with one attached hydrogen (secondary N) is 1. The lowest BCUT2D eigenvalue weighted by Gasteiger charge is -2.17. The highest BCUT2D eigenvalue weighted by molar-refractivity contribution is 8.18. The van der Waals surface area contributed by atoms with E-state index in [9.17, 15) is 19.2 Å². The van der Waals surface area contributed by atoms with Crippen molar-refractivity contribution in [1.29, 1.82) is 0 Å². The van der Waals surface area contributed by atoms with Crippen LogP contribution in [-0.2, 0) is 14.4 Å². The fraction of sp³-hybridized carbons (Fsp3) is 0.250. The van der Waals surface area contributed by atoms with E-state index in [0.717, 1.165) is 33.5 Å². The van der Waals surface area contributed by atoms with Crippen molar-refractivity contribution >= 4 is 46.5 Å². The van der Waals surface area contributed by atoms with Crippen molar-refractivity contribution in [2.45, 2.75) is 13.3 Å². The summed E-state index contributed by atoms with van der Waals surface area (Å²) in [4.78, 5) is 52.9. The number of imide groups is 1. The maximum absolute atomic E-state index is 12.6. The minimum Gasteiger partial charge on any atom is -0.354 e. The molecule has 7 nitrogen and oxygen atoms in total. The summed E-state index contributed by atoms with van der Waals surface area (Å²) in [7, 11) is 0. The summed E-state index contributed by atoms with van der Waals surface area (Å²) in [5.41, 5.74) is 2.72. The maximum Gasteiger partial charge on any atom is 0.293 e. The fourth-order valence-corrected chi connectivity index (χ4v) is 4.55. The normalized spacial score (nSPS) is 19.8. The van der Waals surface area contributed by atoms with E-state index in [4.69, 9.17) is 0 Å². The lowest BCUT2D eigenvalue weighted by molar-refractivity contribution is -0.127. The van der Waals surface area contributed by atoms with Crippen LogP contribution in [0.4, 0.5) is 10.5 Å². The third-order valence-corrected chi connectivity index (χ3v) is 6.35. The van der Waals surface area contributed by atoms with Gasteiger partial charge in [-0.1, -0.05) is 48.0 Å². The second kappa shape index (κ2) is 9.40. The Bertz CT molecular complexity index is 1080. The van der Waals surface area contributed by atoms with Gasteiger partial charge in [-0.3, -0.25) is 24.1 Å². The number of amides is 4. The van der Waals surface area contributed by atoms with E-state index in [2.05, 4.69) is 5.32 Å². The van der Waals surface area contributed by atoms with Crippen molar-refractivity contribution in [1.82, 2.24) is 10.2 Å². The molecule has 2 saturated heterocycles. The summed E-state index contributed by atoms with van der Waals surface area (Å²) in [6.07, 6.45) is 1.83. The first kappa shape index (κ1) is 21.8. The van der Waals surface area contributed by atoms with Gasteiger partial charge in [-0.05, 0) is 42.5 Å². The van der Waals surface area contributed by atoms with Crippen LogP contribution >= 0.6 is 11.8 Å². The Morgan fingerprint density at radius 2 is 1.81 bits per heavy atom. The molecule has 0 aliphatic carbocycles. The van der Waals surface area contributed by atoms with Crippen molar-refractivity contribution in [3.05, 3.63) is 70.6 Å². The van der Waals surface area contributed by atoms with Crippen molar-refractivity contribution in [2.24, 2.45) is 5.92 Å². The second-order valence-corrected chi connectivity index (χ2v) is 8.77. The molecule has 0 radical (unpaired) electrons. The molecule has 2 aromatic rings. The zero-order valence-electron chi connectivity index (χ0n) is 17.6. The molecule has 2 aromatic carbocycles. The molecule has 2 aliphatic rings. The standard InChI is InChI=1S/C24H23N3O4S/c1-16-7-9-19(10-8-16)27-15-18(14-21(27)28)22(29)25-11-12-26-23(30)20(32-24(26)31)13-17-5-3-2-4-6-17/h2-10,13,18H,11-12,14-15H2,1H3,(H,25,29). The third kappa shape index (κ3) is 4.75. The molecular formula is C24H23N3O4S. The van der Waals surface area contributed by atoms with Crippen LogP contribution in [0.3, 0.4) is 0 Å². The number of rotatable bonds is 6. The van der Waals surface area contributed by atoms with Crippen LogP contribution < -0.4 is 10.2 Å². The van der Waals surface area contributed by atoms with Crippen LogP contribution in [0.5, 0.6) is 0 Å². The minimum atomic E-state index is -0.461. The monoisotopic (exact) mass is 449 g/mol. The van der Waals surface area contributed by atoms with E-state index in [-0.39, 0.29) is 42.5 Å². The van der Waals surface area contributed by atoms with Crippen molar-refractivity contribution in [3.8, 4) is 0 Å². The van der Waals surface area contributed by atoms with Crippen LogP contribution in [0, 0.1) is 12.8 Å². The Morgan fingerprint density at radius 3 is 2.53 bits per heavy atom. The van der Waals surface area contributed by atoms with Gasteiger partial charge in [0.1, 0.15) is 0 Å². The lowest BCUT2D eigenvalue weighted by atomic mass is 10.1. The van der Waals surface area contributed by atoms with Crippen molar-refractivity contribution in [3.63, 3.8) is 0 Å².